The summed E-state index contributed by atoms with van der Waals surface area (Å²) in [4.78, 5) is 8.20. The first-order valence-electron chi connectivity index (χ1n) is 34.6. The molecule has 1 spiro atoms. The van der Waals surface area contributed by atoms with Gasteiger partial charge in [0.15, 0.2) is 0 Å². The third-order valence-electron chi connectivity index (χ3n) is 24.0. The van der Waals surface area contributed by atoms with Gasteiger partial charge in [-0.05, 0) is 251 Å². The number of hydrogen-bond acceptors (Lipinski definition) is 3. The molecular weight excluding hydrogens is 1170 g/mol. The van der Waals surface area contributed by atoms with Gasteiger partial charge in [0.05, 0.1) is 11.4 Å². The monoisotopic (exact) mass is 1240 g/mol. The maximum atomic E-state index is 2.76. The molecule has 4 bridgehead atoms. The van der Waals surface area contributed by atoms with E-state index in [0.717, 1.165) is 23.2 Å². The van der Waals surface area contributed by atoms with Crippen LogP contribution in [0.5, 0.6) is 0 Å². The van der Waals surface area contributed by atoms with E-state index in [4.69, 9.17) is 0 Å². The van der Waals surface area contributed by atoms with Gasteiger partial charge in [-0.3, -0.25) is 0 Å². The first-order chi connectivity index (χ1) is 46.5. The van der Waals surface area contributed by atoms with E-state index in [1.165, 1.54) is 186 Å². The Labute approximate surface area is 561 Å². The number of fused-ring (bicyclic) bond motifs is 14. The van der Waals surface area contributed by atoms with E-state index in [2.05, 4.69) is 328 Å². The fourth-order valence-corrected chi connectivity index (χ4v) is 21.2. The van der Waals surface area contributed by atoms with Gasteiger partial charge in [-0.1, -0.05) is 234 Å². The minimum Gasteiger partial charge on any atom is -0.310 e. The van der Waals surface area contributed by atoms with Crippen LogP contribution in [0.15, 0.2) is 289 Å². The first-order valence-corrected chi connectivity index (χ1v) is 35.4. The second kappa shape index (κ2) is 20.5. The molecule has 95 heavy (non-hydrogen) atoms. The lowest BCUT2D eigenvalue weighted by atomic mass is 9.42. The highest BCUT2D eigenvalue weighted by Gasteiger charge is 2.61. The summed E-state index contributed by atoms with van der Waals surface area (Å²) in [5.41, 5.74) is 25.4. The van der Waals surface area contributed by atoms with Crippen molar-refractivity contribution in [2.24, 2.45) is 23.7 Å². The van der Waals surface area contributed by atoms with Gasteiger partial charge in [-0.25, -0.2) is 0 Å². The normalized spacial score (nSPS) is 19.2. The van der Waals surface area contributed by atoms with Crippen LogP contribution in [0.2, 0.25) is 0 Å². The van der Waals surface area contributed by atoms with E-state index >= 15 is 0 Å². The molecule has 0 N–H and O–H groups in total. The topological polar surface area (TPSA) is 6.48 Å². The second-order valence-corrected chi connectivity index (χ2v) is 30.6. The summed E-state index contributed by atoms with van der Waals surface area (Å²) in [6.45, 7) is 9.77. The Morgan fingerprint density at radius 3 is 1.03 bits per heavy atom. The minimum absolute atomic E-state index is 0.218. The van der Waals surface area contributed by atoms with Crippen LogP contribution in [-0.2, 0) is 16.2 Å². The summed E-state index contributed by atoms with van der Waals surface area (Å²) >= 11 is 2.07. The van der Waals surface area contributed by atoms with Crippen LogP contribution in [0.4, 0.5) is 34.1 Å². The summed E-state index contributed by atoms with van der Waals surface area (Å²) < 4.78 is 0. The Morgan fingerprint density at radius 1 is 0.284 bits per heavy atom. The molecule has 7 aliphatic rings. The summed E-state index contributed by atoms with van der Waals surface area (Å²) in [7, 11) is 0. The molecule has 0 saturated heterocycles. The largest absolute Gasteiger partial charge is 0.310 e. The third kappa shape index (κ3) is 8.12. The van der Waals surface area contributed by atoms with Crippen molar-refractivity contribution in [3.8, 4) is 44.5 Å². The molecule has 4 fully saturated rings. The zero-order chi connectivity index (χ0) is 63.1. The van der Waals surface area contributed by atoms with E-state index in [1.807, 2.05) is 0 Å². The molecule has 2 nitrogen and oxygen atoms in total. The molecule has 3 heteroatoms. The maximum Gasteiger partial charge on any atom is 0.0543 e. The lowest BCUT2D eigenvalue weighted by molar-refractivity contribution is -0.0441. The second-order valence-electron chi connectivity index (χ2n) is 29.6. The highest BCUT2D eigenvalue weighted by atomic mass is 32.2. The van der Waals surface area contributed by atoms with E-state index in [9.17, 15) is 0 Å². The molecule has 0 radical (unpaired) electrons. The lowest BCUT2D eigenvalue weighted by Crippen LogP contribution is -2.57. The fourth-order valence-electron chi connectivity index (χ4n) is 19.7. The SMILES string of the molecule is CC1(C)c2cc(N(c3ccc(-c4ccccc4)cc3)c3cc4c(c5ccccc35)Sc3c(cc(N(c5ccc(-c6ccccc6)cc5)c5ccc6c(c5)C(C)(C)c5cc7ccccc7cc5-6)c5ccccc35)C43C4CC5CC(C4)CC3C5)ccc2-c2cc3ccccc3cc21. The van der Waals surface area contributed by atoms with E-state index in [0.29, 0.717) is 11.8 Å². The van der Waals surface area contributed by atoms with E-state index < -0.39 is 0 Å². The zero-order valence-electron chi connectivity index (χ0n) is 54.2. The Kier molecular flexibility index (Phi) is 12.0. The van der Waals surface area contributed by atoms with Crippen molar-refractivity contribution < 1.29 is 0 Å². The molecule has 6 aliphatic carbocycles. The number of anilines is 6. The van der Waals surface area contributed by atoms with Crippen molar-refractivity contribution in [2.75, 3.05) is 9.80 Å². The Balaban J connectivity index is 0.826. The Morgan fingerprint density at radius 2 is 0.621 bits per heavy atom. The van der Waals surface area contributed by atoms with Crippen LogP contribution in [-0.4, -0.2) is 0 Å². The number of rotatable bonds is 8. The highest BCUT2D eigenvalue weighted by Crippen LogP contribution is 2.71. The van der Waals surface area contributed by atoms with Crippen LogP contribution in [0.1, 0.15) is 93.2 Å². The predicted octanol–water partition coefficient (Wildman–Crippen LogP) is 25.4. The predicted molar refractivity (Wildman–Crippen MR) is 400 cm³/mol. The van der Waals surface area contributed by atoms with Crippen molar-refractivity contribution in [3.63, 3.8) is 0 Å². The van der Waals surface area contributed by atoms with E-state index in [-0.39, 0.29) is 16.2 Å². The summed E-state index contributed by atoms with van der Waals surface area (Å²) in [5.74, 6) is 2.50. The van der Waals surface area contributed by atoms with Gasteiger partial charge in [0.25, 0.3) is 0 Å². The fraction of sp³-hybridized carbons (Fsp3) is 0.174. The lowest BCUT2D eigenvalue weighted by Gasteiger charge is -2.63. The minimum atomic E-state index is -0.250. The average molecular weight is 1240 g/mol. The van der Waals surface area contributed by atoms with Gasteiger partial charge in [-0.15, -0.1) is 0 Å². The van der Waals surface area contributed by atoms with Gasteiger partial charge in [0.2, 0.25) is 0 Å². The molecule has 456 valence electrons. The summed E-state index contributed by atoms with van der Waals surface area (Å²) in [6.07, 6.45) is 6.44. The van der Waals surface area contributed by atoms with Crippen molar-refractivity contribution in [3.05, 3.63) is 312 Å². The zero-order valence-corrected chi connectivity index (χ0v) is 55.0. The molecule has 0 amide bonds. The van der Waals surface area contributed by atoms with Gasteiger partial charge in [0.1, 0.15) is 0 Å². The number of hydrogen-bond donors (Lipinski definition) is 0. The molecule has 4 saturated carbocycles. The van der Waals surface area contributed by atoms with Crippen LogP contribution in [0.25, 0.3) is 87.6 Å². The molecular formula is C92H72N2S. The molecule has 0 unspecified atom stereocenters. The molecule has 0 aromatic heterocycles. The van der Waals surface area contributed by atoms with Crippen LogP contribution in [0, 0.1) is 23.7 Å². The standard InChI is InChI=1S/C92H72N2S/c1-90(2)80-50-64-25-13-11-23-62(64)48-78(80)72-41-39-70(52-82(72)90)93(68-35-31-60(32-36-68)58-19-7-5-8-20-58)86-54-84-88(76-29-17-15-27-74(76)86)95-89-77-30-18-16-28-75(77)87(55-85(89)92(84)66-44-56-43-57(46-66)47-67(92)45-56)94(69-37-33-61(34-38-69)59-21-9-6-10-22-59)71-40-42-73-79-49-63-24-12-14-26-65(63)51-81(79)91(3,4)83(73)53-71/h5-42,48-57,66-67H,43-47H2,1-4H3. The Bertz CT molecular complexity index is 5170. The first kappa shape index (κ1) is 55.5. The van der Waals surface area contributed by atoms with Crippen LogP contribution in [0.3, 0.4) is 0 Å². The molecule has 14 aromatic rings. The van der Waals surface area contributed by atoms with Gasteiger partial charge >= 0.3 is 0 Å². The van der Waals surface area contributed by atoms with Gasteiger partial charge < -0.3 is 9.80 Å². The Hall–Kier alpha value is -9.93. The van der Waals surface area contributed by atoms with Crippen LogP contribution < -0.4 is 9.80 Å². The smallest absolute Gasteiger partial charge is 0.0543 e. The quantitative estimate of drug-likeness (QED) is 0.150. The molecule has 14 aromatic carbocycles. The molecule has 0 atom stereocenters. The van der Waals surface area contributed by atoms with Gasteiger partial charge in [-0.2, -0.15) is 0 Å². The summed E-state index contributed by atoms with van der Waals surface area (Å²) in [5, 5.41) is 10.4. The molecule has 21 rings (SSSR count). The van der Waals surface area contributed by atoms with Crippen molar-refractivity contribution in [1.29, 1.82) is 0 Å². The third-order valence-corrected chi connectivity index (χ3v) is 25.3. The van der Waals surface area contributed by atoms with Crippen LogP contribution >= 0.6 is 11.8 Å². The molecule has 1 aliphatic heterocycles. The van der Waals surface area contributed by atoms with Crippen molar-refractivity contribution in [1.82, 2.24) is 0 Å². The highest BCUT2D eigenvalue weighted by molar-refractivity contribution is 8.00. The number of nitrogens with zero attached hydrogens (tertiary/aromatic N) is 2. The van der Waals surface area contributed by atoms with Gasteiger partial charge in [0, 0.05) is 59.6 Å². The molecule has 1 heterocycles. The van der Waals surface area contributed by atoms with Crippen molar-refractivity contribution >= 4 is 89.0 Å². The summed E-state index contributed by atoms with van der Waals surface area (Å²) in [6, 6.07) is 108. The average Bonchev–Trinajstić information content (AvgIpc) is 1.50. The van der Waals surface area contributed by atoms with Crippen molar-refractivity contribution in [2.45, 2.75) is 85.8 Å². The number of benzene rings is 14. The van der Waals surface area contributed by atoms with E-state index in [1.54, 1.807) is 0 Å². The maximum absolute atomic E-state index is 2.76.